The lowest BCUT2D eigenvalue weighted by atomic mass is 9.43. The normalized spacial score (nSPS) is 42.7. The molecule has 4 fully saturated rings. The van der Waals surface area contributed by atoms with Gasteiger partial charge in [-0.25, -0.2) is 0 Å². The fourth-order valence-corrected chi connectivity index (χ4v) is 10.6. The quantitative estimate of drug-likeness (QED) is 0.345. The molecule has 5 rings (SSSR count). The zero-order chi connectivity index (χ0) is 24.1. The molecule has 0 aliphatic heterocycles. The van der Waals surface area contributed by atoms with E-state index in [0.29, 0.717) is 10.8 Å². The lowest BCUT2D eigenvalue weighted by molar-refractivity contribution is -0.117. The zero-order valence-electron chi connectivity index (χ0n) is 22.8. The van der Waals surface area contributed by atoms with E-state index >= 15 is 0 Å². The van der Waals surface area contributed by atoms with Crippen molar-refractivity contribution in [3.05, 3.63) is 34.3 Å². The number of hydrogen-bond acceptors (Lipinski definition) is 0. The molecule has 34 heavy (non-hydrogen) atoms. The van der Waals surface area contributed by atoms with Gasteiger partial charge in [-0.05, 0) is 134 Å². The molecule has 0 bridgehead atoms. The third kappa shape index (κ3) is 4.48. The highest BCUT2D eigenvalue weighted by Crippen LogP contribution is 2.69. The molecule has 0 saturated heterocycles. The summed E-state index contributed by atoms with van der Waals surface area (Å²) in [6.45, 7) is 12.9. The Morgan fingerprint density at radius 3 is 2.26 bits per heavy atom. The molecule has 0 heterocycles. The first-order chi connectivity index (χ1) is 16.2. The molecule has 0 N–H and O–H groups in total. The maximum atomic E-state index is 3.63. The second-order valence-corrected chi connectivity index (χ2v) is 15.1. The van der Waals surface area contributed by atoms with Crippen LogP contribution in [0.3, 0.4) is 0 Å². The molecule has 190 valence electrons. The van der Waals surface area contributed by atoms with Gasteiger partial charge in [0.25, 0.3) is 0 Å². The summed E-state index contributed by atoms with van der Waals surface area (Å²) in [7, 11) is 0. The van der Waals surface area contributed by atoms with E-state index in [2.05, 4.69) is 74.8 Å². The van der Waals surface area contributed by atoms with Crippen molar-refractivity contribution in [2.24, 2.45) is 52.3 Å². The number of halogens is 1. The second kappa shape index (κ2) is 9.87. The first-order valence-corrected chi connectivity index (χ1v) is 15.8. The van der Waals surface area contributed by atoms with E-state index in [4.69, 9.17) is 0 Å². The van der Waals surface area contributed by atoms with Gasteiger partial charge >= 0.3 is 0 Å². The Morgan fingerprint density at radius 2 is 1.53 bits per heavy atom. The smallest absolute Gasteiger partial charge is 0.0175 e. The Hall–Kier alpha value is -0.300. The van der Waals surface area contributed by atoms with Crippen molar-refractivity contribution in [1.29, 1.82) is 0 Å². The fourth-order valence-electron chi connectivity index (χ4n) is 10.3. The summed E-state index contributed by atoms with van der Waals surface area (Å²) in [5.41, 5.74) is 2.83. The van der Waals surface area contributed by atoms with Crippen molar-refractivity contribution >= 4 is 15.9 Å². The highest BCUT2D eigenvalue weighted by atomic mass is 79.9. The molecule has 4 aliphatic carbocycles. The van der Waals surface area contributed by atoms with Gasteiger partial charge in [0.2, 0.25) is 0 Å². The molecule has 1 aromatic carbocycles. The molecule has 4 saturated carbocycles. The minimum absolute atomic E-state index is 0.608. The molecule has 1 heteroatoms. The minimum atomic E-state index is 0.608. The third-order valence-corrected chi connectivity index (χ3v) is 12.7. The van der Waals surface area contributed by atoms with E-state index < -0.39 is 0 Å². The second-order valence-electron chi connectivity index (χ2n) is 14.2. The van der Waals surface area contributed by atoms with Gasteiger partial charge in [-0.1, -0.05) is 81.9 Å². The fraction of sp³-hybridized carbons (Fsp3) is 0.818. The highest BCUT2D eigenvalue weighted by Gasteiger charge is 2.60. The van der Waals surface area contributed by atoms with Crippen molar-refractivity contribution in [3.63, 3.8) is 0 Å². The molecule has 0 nitrogen and oxygen atoms in total. The van der Waals surface area contributed by atoms with Crippen LogP contribution in [0.15, 0.2) is 28.7 Å². The average Bonchev–Trinajstić information content (AvgIpc) is 3.16. The van der Waals surface area contributed by atoms with Crippen molar-refractivity contribution < 1.29 is 0 Å². The monoisotopic (exact) mass is 526 g/mol. The minimum Gasteiger partial charge on any atom is -0.0628 e. The van der Waals surface area contributed by atoms with Gasteiger partial charge in [0, 0.05) is 4.47 Å². The van der Waals surface area contributed by atoms with Crippen molar-refractivity contribution in [1.82, 2.24) is 0 Å². The number of hydrogen-bond donors (Lipinski definition) is 0. The van der Waals surface area contributed by atoms with Crippen LogP contribution in [-0.4, -0.2) is 0 Å². The molecule has 2 unspecified atom stereocenters. The van der Waals surface area contributed by atoms with E-state index in [1.54, 1.807) is 12.0 Å². The number of rotatable bonds is 6. The number of benzene rings is 1. The van der Waals surface area contributed by atoms with E-state index in [0.717, 1.165) is 47.3 Å². The van der Waals surface area contributed by atoms with Crippen molar-refractivity contribution in [2.75, 3.05) is 0 Å². The van der Waals surface area contributed by atoms with Crippen LogP contribution in [-0.2, 0) is 0 Å². The molecular weight excluding hydrogens is 476 g/mol. The third-order valence-electron chi connectivity index (χ3n) is 12.2. The van der Waals surface area contributed by atoms with Crippen LogP contribution >= 0.6 is 15.9 Å². The van der Waals surface area contributed by atoms with E-state index in [1.807, 2.05) is 0 Å². The molecule has 9 atom stereocenters. The summed E-state index contributed by atoms with van der Waals surface area (Å²) in [5, 5.41) is 0. The van der Waals surface area contributed by atoms with Crippen LogP contribution in [0.2, 0.25) is 0 Å². The molecule has 0 spiro atoms. The Balaban J connectivity index is 1.27. The summed E-state index contributed by atoms with van der Waals surface area (Å²) in [6.07, 6.45) is 17.8. The topological polar surface area (TPSA) is 0 Å². The van der Waals surface area contributed by atoms with Gasteiger partial charge in [0.1, 0.15) is 0 Å². The maximum Gasteiger partial charge on any atom is 0.0175 e. The van der Waals surface area contributed by atoms with Crippen LogP contribution in [0.5, 0.6) is 0 Å². The molecular formula is C33H51Br. The van der Waals surface area contributed by atoms with Crippen LogP contribution in [0, 0.1) is 52.3 Å². The lowest BCUT2D eigenvalue weighted by Crippen LogP contribution is -2.53. The van der Waals surface area contributed by atoms with Gasteiger partial charge in [-0.15, -0.1) is 0 Å². The molecule has 0 aromatic heterocycles. The van der Waals surface area contributed by atoms with Gasteiger partial charge in [0.05, 0.1) is 0 Å². The summed E-state index contributed by atoms with van der Waals surface area (Å²) in [4.78, 5) is 0. The lowest BCUT2D eigenvalue weighted by Gasteiger charge is -2.61. The van der Waals surface area contributed by atoms with Crippen LogP contribution in [0.25, 0.3) is 0 Å². The molecule has 1 aromatic rings. The van der Waals surface area contributed by atoms with Gasteiger partial charge in [-0.2, -0.15) is 0 Å². The molecule has 0 radical (unpaired) electrons. The van der Waals surface area contributed by atoms with Gasteiger partial charge in [0.15, 0.2) is 0 Å². The first kappa shape index (κ1) is 25.4. The molecule has 4 aliphatic rings. The zero-order valence-corrected chi connectivity index (χ0v) is 24.4. The molecule has 0 amide bonds. The van der Waals surface area contributed by atoms with E-state index in [1.165, 1.54) is 75.1 Å². The standard InChI is InChI=1S/C33H51Br/c1-22(2)7-6-8-23(3)29-15-16-30-28-14-11-26-21-25(24-9-12-27(34)13-10-24)17-19-32(26,4)31(28)18-20-33(29,30)5/h9-10,12-13,22-23,25-26,28-31H,6-8,11,14-21H2,1-5H3/t23-,25?,26+,28+,29?,30+,31+,32+,33-/m1/s1. The van der Waals surface area contributed by atoms with E-state index in [9.17, 15) is 0 Å². The largest absolute Gasteiger partial charge is 0.0628 e. The maximum absolute atomic E-state index is 3.63. The SMILES string of the molecule is CC(C)CCC[C@@H](C)C1CC[C@H]2[C@@H]3CC[C@H]4CC(c5ccc(Br)cc5)CC[C@]4(C)[C@H]3CC[C@]12C. The summed E-state index contributed by atoms with van der Waals surface area (Å²) < 4.78 is 1.21. The van der Waals surface area contributed by atoms with Crippen LogP contribution in [0.4, 0.5) is 0 Å². The van der Waals surface area contributed by atoms with Crippen LogP contribution in [0.1, 0.15) is 123 Å². The Bertz CT molecular complexity index is 825. The Kier molecular flexibility index (Phi) is 7.36. The van der Waals surface area contributed by atoms with Crippen LogP contribution < -0.4 is 0 Å². The average molecular weight is 528 g/mol. The van der Waals surface area contributed by atoms with E-state index in [-0.39, 0.29) is 0 Å². The Morgan fingerprint density at radius 1 is 0.824 bits per heavy atom. The predicted octanol–water partition coefficient (Wildman–Crippen LogP) is 10.7. The Labute approximate surface area is 219 Å². The summed E-state index contributed by atoms with van der Waals surface area (Å²) in [5.74, 6) is 7.58. The van der Waals surface area contributed by atoms with Crippen molar-refractivity contribution in [3.8, 4) is 0 Å². The number of fused-ring (bicyclic) bond motifs is 5. The van der Waals surface area contributed by atoms with Crippen molar-refractivity contribution in [2.45, 2.75) is 118 Å². The summed E-state index contributed by atoms with van der Waals surface area (Å²) >= 11 is 3.63. The predicted molar refractivity (Wildman–Crippen MR) is 150 cm³/mol. The van der Waals surface area contributed by atoms with Gasteiger partial charge in [-0.3, -0.25) is 0 Å². The van der Waals surface area contributed by atoms with Gasteiger partial charge < -0.3 is 0 Å². The highest BCUT2D eigenvalue weighted by molar-refractivity contribution is 9.10. The summed E-state index contributed by atoms with van der Waals surface area (Å²) in [6, 6.07) is 9.27. The first-order valence-electron chi connectivity index (χ1n) is 15.0.